The number of piperazine rings is 1. The fourth-order valence-electron chi connectivity index (χ4n) is 4.93. The van der Waals surface area contributed by atoms with Gasteiger partial charge in [-0.15, -0.1) is 0 Å². The van der Waals surface area contributed by atoms with E-state index in [0.717, 1.165) is 11.5 Å². The molecule has 0 bridgehead atoms. The van der Waals surface area contributed by atoms with Crippen molar-refractivity contribution in [3.63, 3.8) is 0 Å². The van der Waals surface area contributed by atoms with Gasteiger partial charge in [-0.1, -0.05) is 13.8 Å². The van der Waals surface area contributed by atoms with Gasteiger partial charge in [0.15, 0.2) is 0 Å². The van der Waals surface area contributed by atoms with Crippen LogP contribution in [0.15, 0.2) is 0 Å². The molecule has 0 aromatic carbocycles. The molecular weight excluding hydrogens is 294 g/mol. The number of rotatable bonds is 1. The lowest BCUT2D eigenvalue weighted by Gasteiger charge is -2.49. The Hall–Kier alpha value is -0.120. The molecule has 3 fully saturated rings. The Bertz CT molecular complexity index is 348. The number of hydrogen-bond donors (Lipinski definition) is 0. The van der Waals surface area contributed by atoms with E-state index in [9.17, 15) is 0 Å². The highest BCUT2D eigenvalue weighted by molar-refractivity contribution is 4.93. The molecule has 0 unspecified atom stereocenters. The minimum absolute atomic E-state index is 0.344. The molecule has 2 heterocycles. The first-order valence-corrected chi connectivity index (χ1v) is 10.6. The van der Waals surface area contributed by atoms with Crippen LogP contribution in [0.3, 0.4) is 0 Å². The summed E-state index contributed by atoms with van der Waals surface area (Å²) in [5.41, 5.74) is 1.06. The third-order valence-electron chi connectivity index (χ3n) is 6.84. The standard InChI is InChI=1S/C19H37N3.C2H6/c1-18(2,3)22-15-13-21(14-16-22)17-5-7-19(8-6-17)9-11-20(4)12-10-19;1-2/h17H,5-16H2,1-4H3;1-2H3. The Kier molecular flexibility index (Phi) is 7.16. The quantitative estimate of drug-likeness (QED) is 0.714. The van der Waals surface area contributed by atoms with Gasteiger partial charge in [0.1, 0.15) is 0 Å². The lowest BCUT2D eigenvalue weighted by Crippen LogP contribution is -2.56. The molecule has 24 heavy (non-hydrogen) atoms. The molecule has 0 atom stereocenters. The van der Waals surface area contributed by atoms with Crippen LogP contribution in [0, 0.1) is 5.41 Å². The molecule has 0 aromatic heterocycles. The zero-order chi connectivity index (χ0) is 17.8. The van der Waals surface area contributed by atoms with Crippen molar-refractivity contribution in [2.24, 2.45) is 5.41 Å². The molecule has 0 N–H and O–H groups in total. The maximum Gasteiger partial charge on any atom is 0.0126 e. The molecule has 3 rings (SSSR count). The molecule has 3 nitrogen and oxygen atoms in total. The van der Waals surface area contributed by atoms with Gasteiger partial charge in [0.25, 0.3) is 0 Å². The molecule has 1 aliphatic carbocycles. The van der Waals surface area contributed by atoms with Crippen LogP contribution >= 0.6 is 0 Å². The monoisotopic (exact) mass is 337 g/mol. The topological polar surface area (TPSA) is 9.72 Å². The van der Waals surface area contributed by atoms with Crippen LogP contribution in [-0.2, 0) is 0 Å². The molecule has 3 aliphatic rings. The molecule has 2 aliphatic heterocycles. The largest absolute Gasteiger partial charge is 0.306 e. The molecule has 2 saturated heterocycles. The summed E-state index contributed by atoms with van der Waals surface area (Å²) >= 11 is 0. The average Bonchev–Trinajstić information content (AvgIpc) is 2.60. The van der Waals surface area contributed by atoms with Gasteiger partial charge in [0.2, 0.25) is 0 Å². The Balaban J connectivity index is 0.00000100. The smallest absolute Gasteiger partial charge is 0.0126 e. The Morgan fingerprint density at radius 1 is 0.750 bits per heavy atom. The van der Waals surface area contributed by atoms with Crippen molar-refractivity contribution in [2.75, 3.05) is 46.3 Å². The van der Waals surface area contributed by atoms with Gasteiger partial charge in [-0.2, -0.15) is 0 Å². The van der Waals surface area contributed by atoms with Crippen LogP contribution in [-0.4, -0.2) is 72.6 Å². The summed E-state index contributed by atoms with van der Waals surface area (Å²) in [4.78, 5) is 7.98. The van der Waals surface area contributed by atoms with Crippen LogP contribution in [0.1, 0.15) is 73.1 Å². The fourth-order valence-corrected chi connectivity index (χ4v) is 4.93. The molecule has 0 radical (unpaired) electrons. The highest BCUT2D eigenvalue weighted by atomic mass is 15.3. The highest BCUT2D eigenvalue weighted by Crippen LogP contribution is 2.45. The van der Waals surface area contributed by atoms with Gasteiger partial charge in [-0.05, 0) is 84.8 Å². The molecule has 0 amide bonds. The third kappa shape index (κ3) is 4.95. The molecule has 3 heteroatoms. The van der Waals surface area contributed by atoms with Gasteiger partial charge < -0.3 is 4.90 Å². The normalized spacial score (nSPS) is 27.8. The summed E-state index contributed by atoms with van der Waals surface area (Å²) < 4.78 is 0. The first-order chi connectivity index (χ1) is 11.4. The number of nitrogens with zero attached hydrogens (tertiary/aromatic N) is 3. The fraction of sp³-hybridized carbons (Fsp3) is 1.00. The van der Waals surface area contributed by atoms with Gasteiger partial charge in [-0.25, -0.2) is 0 Å². The second-order valence-electron chi connectivity index (χ2n) is 9.23. The van der Waals surface area contributed by atoms with Crippen LogP contribution < -0.4 is 0 Å². The van der Waals surface area contributed by atoms with Crippen molar-refractivity contribution >= 4 is 0 Å². The van der Waals surface area contributed by atoms with Crippen molar-refractivity contribution in [3.8, 4) is 0 Å². The van der Waals surface area contributed by atoms with Gasteiger partial charge in [-0.3, -0.25) is 9.80 Å². The highest BCUT2D eigenvalue weighted by Gasteiger charge is 2.39. The lowest BCUT2D eigenvalue weighted by atomic mass is 9.66. The minimum atomic E-state index is 0.344. The Morgan fingerprint density at radius 2 is 1.25 bits per heavy atom. The van der Waals surface area contributed by atoms with E-state index >= 15 is 0 Å². The van der Waals surface area contributed by atoms with E-state index in [-0.39, 0.29) is 0 Å². The summed E-state index contributed by atoms with van der Waals surface area (Å²) in [5, 5.41) is 0. The Morgan fingerprint density at radius 3 is 1.71 bits per heavy atom. The van der Waals surface area contributed by atoms with Crippen LogP contribution in [0.25, 0.3) is 0 Å². The second kappa shape index (κ2) is 8.51. The molecule has 142 valence electrons. The number of piperidine rings is 1. The lowest BCUT2D eigenvalue weighted by molar-refractivity contribution is 0.00377. The molecule has 1 saturated carbocycles. The van der Waals surface area contributed by atoms with Crippen LogP contribution in [0.4, 0.5) is 0 Å². The summed E-state index contributed by atoms with van der Waals surface area (Å²) in [6.07, 6.45) is 8.80. The predicted octanol–water partition coefficient (Wildman–Crippen LogP) is 4.08. The van der Waals surface area contributed by atoms with Crippen molar-refractivity contribution in [3.05, 3.63) is 0 Å². The zero-order valence-electron chi connectivity index (χ0n) is 17.4. The second-order valence-corrected chi connectivity index (χ2v) is 9.23. The van der Waals surface area contributed by atoms with Gasteiger partial charge in [0, 0.05) is 37.8 Å². The van der Waals surface area contributed by atoms with Crippen molar-refractivity contribution in [2.45, 2.75) is 84.7 Å². The first-order valence-electron chi connectivity index (χ1n) is 10.6. The maximum absolute atomic E-state index is 2.81. The summed E-state index contributed by atoms with van der Waals surface area (Å²) in [7, 11) is 2.28. The van der Waals surface area contributed by atoms with Gasteiger partial charge in [0.05, 0.1) is 0 Å². The maximum atomic E-state index is 2.81. The van der Waals surface area contributed by atoms with E-state index in [1.54, 1.807) is 0 Å². The SMILES string of the molecule is CC.CN1CCC2(CCC(N3CCN(C(C)(C)C)CC3)CC2)CC1. The van der Waals surface area contributed by atoms with Crippen molar-refractivity contribution in [1.29, 1.82) is 0 Å². The molecular formula is C21H43N3. The number of hydrogen-bond acceptors (Lipinski definition) is 3. The van der Waals surface area contributed by atoms with Crippen molar-refractivity contribution < 1.29 is 0 Å². The van der Waals surface area contributed by atoms with Crippen molar-refractivity contribution in [1.82, 2.24) is 14.7 Å². The molecule has 0 aromatic rings. The van der Waals surface area contributed by atoms with E-state index in [4.69, 9.17) is 0 Å². The van der Waals surface area contributed by atoms with Gasteiger partial charge >= 0.3 is 0 Å². The zero-order valence-corrected chi connectivity index (χ0v) is 17.4. The third-order valence-corrected chi connectivity index (χ3v) is 6.84. The first kappa shape index (κ1) is 20.2. The van der Waals surface area contributed by atoms with E-state index in [1.165, 1.54) is 77.8 Å². The van der Waals surface area contributed by atoms with Crippen LogP contribution in [0.5, 0.6) is 0 Å². The molecule has 1 spiro atoms. The predicted molar refractivity (Wildman–Crippen MR) is 106 cm³/mol. The summed E-state index contributed by atoms with van der Waals surface area (Å²) in [6.45, 7) is 18.8. The van der Waals surface area contributed by atoms with E-state index in [2.05, 4.69) is 42.5 Å². The average molecular weight is 338 g/mol. The van der Waals surface area contributed by atoms with E-state index < -0.39 is 0 Å². The summed E-state index contributed by atoms with van der Waals surface area (Å²) in [5.74, 6) is 0. The van der Waals surface area contributed by atoms with E-state index in [1.807, 2.05) is 13.8 Å². The van der Waals surface area contributed by atoms with E-state index in [0.29, 0.717) is 5.54 Å². The number of likely N-dealkylation sites (tertiary alicyclic amines) is 1. The summed E-state index contributed by atoms with van der Waals surface area (Å²) in [6, 6.07) is 0.882. The minimum Gasteiger partial charge on any atom is -0.306 e. The van der Waals surface area contributed by atoms with Crippen LogP contribution in [0.2, 0.25) is 0 Å². The Labute approximate surface area is 151 Å².